The van der Waals surface area contributed by atoms with E-state index in [-0.39, 0.29) is 18.2 Å². The Labute approximate surface area is 209 Å². The van der Waals surface area contributed by atoms with Crippen molar-refractivity contribution in [2.45, 2.75) is 18.6 Å². The van der Waals surface area contributed by atoms with Gasteiger partial charge in [-0.05, 0) is 53.4 Å². The van der Waals surface area contributed by atoms with Gasteiger partial charge >= 0.3 is 0 Å². The first-order valence-electron chi connectivity index (χ1n) is 11.1. The van der Waals surface area contributed by atoms with Crippen molar-refractivity contribution >= 4 is 49.9 Å². The van der Waals surface area contributed by atoms with Crippen molar-refractivity contribution < 1.29 is 17.9 Å². The summed E-state index contributed by atoms with van der Waals surface area (Å²) in [6, 6.07) is 18.7. The van der Waals surface area contributed by atoms with Gasteiger partial charge < -0.3 is 10.1 Å². The molecule has 34 heavy (non-hydrogen) atoms. The third-order valence-corrected chi connectivity index (χ3v) is 8.27. The molecule has 1 amide bonds. The van der Waals surface area contributed by atoms with E-state index in [2.05, 4.69) is 5.32 Å². The normalized spacial score (nSPS) is 16.9. The number of carbonyl (C=O) groups is 1. The molecule has 0 spiro atoms. The second kappa shape index (κ2) is 11.0. The quantitative estimate of drug-likeness (QED) is 0.429. The van der Waals surface area contributed by atoms with Crippen LogP contribution in [0.4, 0.5) is 0 Å². The molecule has 1 N–H and O–H groups in total. The summed E-state index contributed by atoms with van der Waals surface area (Å²) in [4.78, 5) is 12.7. The molecule has 4 rings (SSSR count). The van der Waals surface area contributed by atoms with Crippen molar-refractivity contribution in [3.8, 4) is 5.75 Å². The molecule has 3 aromatic carbocycles. The number of fused-ring (bicyclic) bond motifs is 1. The Morgan fingerprint density at radius 2 is 1.85 bits per heavy atom. The fourth-order valence-electron chi connectivity index (χ4n) is 4.08. The van der Waals surface area contributed by atoms with Gasteiger partial charge in [-0.2, -0.15) is 0 Å². The van der Waals surface area contributed by atoms with Gasteiger partial charge in [0.15, 0.2) is 0 Å². The number of carbonyl (C=O) groups excluding carboxylic acids is 1. The molecule has 0 radical (unpaired) electrons. The Balaban J connectivity index is 1.27. The van der Waals surface area contributed by atoms with Crippen LogP contribution in [0.1, 0.15) is 18.4 Å². The Hall–Kier alpha value is -2.32. The van der Waals surface area contributed by atoms with Crippen LogP contribution in [0, 0.1) is 5.92 Å². The Morgan fingerprint density at radius 1 is 1.06 bits per heavy atom. The fraction of sp³-hybridized carbons (Fsp3) is 0.320. The van der Waals surface area contributed by atoms with Crippen LogP contribution in [0.25, 0.3) is 10.8 Å². The molecule has 1 saturated heterocycles. The van der Waals surface area contributed by atoms with E-state index in [0.717, 1.165) is 16.5 Å². The predicted octanol–water partition coefficient (Wildman–Crippen LogP) is 4.88. The van der Waals surface area contributed by atoms with Gasteiger partial charge in [0.25, 0.3) is 0 Å². The van der Waals surface area contributed by atoms with E-state index in [4.69, 9.17) is 27.9 Å². The summed E-state index contributed by atoms with van der Waals surface area (Å²) in [6.45, 7) is 1.22. The number of halogens is 2. The molecule has 1 fully saturated rings. The van der Waals surface area contributed by atoms with E-state index in [1.54, 1.807) is 12.1 Å². The Bertz CT molecular complexity index is 1280. The van der Waals surface area contributed by atoms with Crippen molar-refractivity contribution in [1.82, 2.24) is 9.62 Å². The predicted molar refractivity (Wildman–Crippen MR) is 136 cm³/mol. The van der Waals surface area contributed by atoms with Gasteiger partial charge in [-0.15, -0.1) is 0 Å². The Kier molecular flexibility index (Phi) is 7.99. The van der Waals surface area contributed by atoms with Gasteiger partial charge in [0.2, 0.25) is 15.9 Å². The molecule has 1 atom stereocenters. The minimum atomic E-state index is -3.62. The molecule has 0 saturated carbocycles. The van der Waals surface area contributed by atoms with Crippen LogP contribution in [0.2, 0.25) is 10.0 Å². The highest BCUT2D eigenvalue weighted by Crippen LogP contribution is 2.26. The van der Waals surface area contributed by atoms with Crippen LogP contribution in [0.5, 0.6) is 5.75 Å². The summed E-state index contributed by atoms with van der Waals surface area (Å²) in [6.07, 6.45) is 1.27. The highest BCUT2D eigenvalue weighted by atomic mass is 35.5. The molecule has 0 aromatic heterocycles. The van der Waals surface area contributed by atoms with Crippen LogP contribution < -0.4 is 10.1 Å². The number of amides is 1. The molecule has 180 valence electrons. The van der Waals surface area contributed by atoms with Crippen LogP contribution in [-0.2, 0) is 20.6 Å². The van der Waals surface area contributed by atoms with Gasteiger partial charge in [0.1, 0.15) is 12.4 Å². The topological polar surface area (TPSA) is 75.7 Å². The highest BCUT2D eigenvalue weighted by Gasteiger charge is 2.32. The molecule has 1 heterocycles. The van der Waals surface area contributed by atoms with E-state index in [1.165, 1.54) is 10.4 Å². The number of hydrogen-bond acceptors (Lipinski definition) is 4. The lowest BCUT2D eigenvalue weighted by Crippen LogP contribution is -2.46. The molecule has 0 aliphatic carbocycles. The molecular weight excluding hydrogens is 495 g/mol. The van der Waals surface area contributed by atoms with Gasteiger partial charge in [-0.1, -0.05) is 59.6 Å². The molecule has 0 unspecified atom stereocenters. The average Bonchev–Trinajstić information content (AvgIpc) is 2.83. The first-order valence-corrected chi connectivity index (χ1v) is 13.5. The third-order valence-electron chi connectivity index (χ3n) is 5.89. The van der Waals surface area contributed by atoms with E-state index >= 15 is 0 Å². The van der Waals surface area contributed by atoms with Crippen LogP contribution in [0.15, 0.2) is 60.7 Å². The summed E-state index contributed by atoms with van der Waals surface area (Å²) in [5.41, 5.74) is 0.489. The summed E-state index contributed by atoms with van der Waals surface area (Å²) in [5.74, 6) is -0.0446. The smallest absolute Gasteiger partial charge is 0.224 e. The number of piperidine rings is 1. The summed E-state index contributed by atoms with van der Waals surface area (Å²) in [5, 5.41) is 5.87. The second-order valence-electron chi connectivity index (χ2n) is 8.34. The minimum absolute atomic E-state index is 0.158. The lowest BCUT2D eigenvalue weighted by molar-refractivity contribution is -0.126. The summed E-state index contributed by atoms with van der Waals surface area (Å²) >= 11 is 12.1. The third kappa shape index (κ3) is 6.21. The van der Waals surface area contributed by atoms with Crippen molar-refractivity contribution in [3.63, 3.8) is 0 Å². The zero-order valence-corrected chi connectivity index (χ0v) is 20.9. The fourth-order valence-corrected chi connectivity index (χ4v) is 6.28. The maximum absolute atomic E-state index is 13.0. The maximum Gasteiger partial charge on any atom is 0.224 e. The van der Waals surface area contributed by atoms with Gasteiger partial charge in [-0.25, -0.2) is 12.7 Å². The molecule has 6 nitrogen and oxygen atoms in total. The molecule has 0 bridgehead atoms. The summed E-state index contributed by atoms with van der Waals surface area (Å²) in [7, 11) is -3.62. The lowest BCUT2D eigenvalue weighted by Gasteiger charge is -2.31. The molecule has 9 heteroatoms. The van der Waals surface area contributed by atoms with Crippen molar-refractivity contribution in [2.75, 3.05) is 26.2 Å². The first kappa shape index (κ1) is 24.8. The van der Waals surface area contributed by atoms with E-state index in [9.17, 15) is 13.2 Å². The molecule has 3 aromatic rings. The lowest BCUT2D eigenvalue weighted by atomic mass is 9.99. The number of rotatable bonds is 8. The van der Waals surface area contributed by atoms with Gasteiger partial charge in [-0.3, -0.25) is 4.79 Å². The number of ether oxygens (including phenoxy) is 1. The van der Waals surface area contributed by atoms with Crippen molar-refractivity contribution in [1.29, 1.82) is 0 Å². The van der Waals surface area contributed by atoms with E-state index < -0.39 is 15.9 Å². The van der Waals surface area contributed by atoms with Crippen LogP contribution >= 0.6 is 23.2 Å². The van der Waals surface area contributed by atoms with E-state index in [1.807, 2.05) is 42.5 Å². The van der Waals surface area contributed by atoms with Gasteiger partial charge in [0, 0.05) is 23.1 Å². The molecule has 1 aliphatic rings. The highest BCUT2D eigenvalue weighted by molar-refractivity contribution is 7.88. The average molecular weight is 521 g/mol. The number of hydrogen-bond donors (Lipinski definition) is 1. The number of benzene rings is 3. The zero-order chi connectivity index (χ0) is 24.1. The number of sulfonamides is 1. The molecular formula is C25H26Cl2N2O4S. The minimum Gasteiger partial charge on any atom is -0.492 e. The second-order valence-corrected chi connectivity index (χ2v) is 11.2. The molecule has 1 aliphatic heterocycles. The first-order chi connectivity index (χ1) is 16.3. The van der Waals surface area contributed by atoms with Crippen molar-refractivity contribution in [3.05, 3.63) is 76.3 Å². The standard InChI is InChI=1S/C25H26Cl2N2O4S/c26-22-9-7-21(24(27)15-22)17-34(31,32)29-12-3-6-20(16-29)25(30)28-11-13-33-23-10-8-18-4-1-2-5-19(18)14-23/h1-2,4-5,7-10,14-15,20H,3,6,11-13,16-17H2,(H,28,30)/t20-/m1/s1. The largest absolute Gasteiger partial charge is 0.492 e. The van der Waals surface area contributed by atoms with E-state index in [0.29, 0.717) is 48.1 Å². The van der Waals surface area contributed by atoms with Crippen molar-refractivity contribution in [2.24, 2.45) is 5.92 Å². The summed E-state index contributed by atoms with van der Waals surface area (Å²) < 4.78 is 33.1. The number of nitrogens with one attached hydrogen (secondary N) is 1. The van der Waals surface area contributed by atoms with Crippen LogP contribution in [0.3, 0.4) is 0 Å². The Morgan fingerprint density at radius 3 is 2.65 bits per heavy atom. The number of nitrogens with zero attached hydrogens (tertiary/aromatic N) is 1. The zero-order valence-electron chi connectivity index (χ0n) is 18.5. The van der Waals surface area contributed by atoms with Gasteiger partial charge in [0.05, 0.1) is 18.2 Å². The monoisotopic (exact) mass is 520 g/mol. The SMILES string of the molecule is O=C(NCCOc1ccc2ccccc2c1)[C@@H]1CCCN(S(=O)(=O)Cc2ccc(Cl)cc2Cl)C1. The maximum atomic E-state index is 13.0. The van der Waals surface area contributed by atoms with Crippen LogP contribution in [-0.4, -0.2) is 44.9 Å².